The standard InChI is InChI=1S/2C24H16N2.C11H8N.Fe/c2*1-3-7-17(8-4-1)19-13-15-25-23-21(19)11-12-22-20(14-16-26-24(22)23)18-9-5-2-6-10-18;1-2-6-10(7-3-1)11-8-4-5-9-12-11;/h2*1-16H;1-6,8-9H;/q;;-1;. The van der Waals surface area contributed by atoms with E-state index in [9.17, 15) is 0 Å². The van der Waals surface area contributed by atoms with Crippen LogP contribution >= 0.6 is 0 Å². The van der Waals surface area contributed by atoms with Crippen LogP contribution in [0.3, 0.4) is 0 Å². The fourth-order valence-corrected chi connectivity index (χ4v) is 8.21. The molecular weight excluding hydrogens is 835 g/mol. The van der Waals surface area contributed by atoms with Crippen molar-refractivity contribution in [1.82, 2.24) is 24.9 Å². The van der Waals surface area contributed by atoms with Gasteiger partial charge in [-0.05, 0) is 80.5 Å². The molecule has 0 fully saturated rings. The average Bonchev–Trinajstić information content (AvgIpc) is 3.39. The number of hydrogen-bond acceptors (Lipinski definition) is 5. The minimum atomic E-state index is 0. The van der Waals surface area contributed by atoms with E-state index in [4.69, 9.17) is 0 Å². The van der Waals surface area contributed by atoms with Gasteiger partial charge in [0.1, 0.15) is 0 Å². The quantitative estimate of drug-likeness (QED) is 0.0979. The maximum absolute atomic E-state index is 4.67. The molecule has 12 aromatic rings. The first-order valence-corrected chi connectivity index (χ1v) is 21.2. The fourth-order valence-electron chi connectivity index (χ4n) is 8.21. The minimum absolute atomic E-state index is 0. The zero-order chi connectivity index (χ0) is 42.9. The van der Waals surface area contributed by atoms with E-state index in [2.05, 4.69) is 177 Å². The summed E-state index contributed by atoms with van der Waals surface area (Å²) < 4.78 is 0. The SMILES string of the molecule is [Fe].[c-]1ccccc1-c1ccccn1.c1ccc(-c2ccnc3c2ccc2c(-c4ccccc4)ccnc23)cc1.c1ccc(-c2ccnc3c2ccc2c(-c4ccccc4)ccnc23)cc1. The Morgan fingerprint density at radius 3 is 0.877 bits per heavy atom. The molecule has 5 aromatic heterocycles. The molecule has 12 rings (SSSR count). The first-order valence-electron chi connectivity index (χ1n) is 21.2. The van der Waals surface area contributed by atoms with Gasteiger partial charge in [0, 0.05) is 69.6 Å². The van der Waals surface area contributed by atoms with Crippen LogP contribution in [-0.4, -0.2) is 24.9 Å². The molecule has 5 heterocycles. The van der Waals surface area contributed by atoms with Gasteiger partial charge in [-0.25, -0.2) is 0 Å². The number of hydrogen-bond donors (Lipinski definition) is 0. The van der Waals surface area contributed by atoms with Crippen LogP contribution in [0, 0.1) is 6.07 Å². The molecule has 0 amide bonds. The van der Waals surface area contributed by atoms with Gasteiger partial charge in [0.2, 0.25) is 0 Å². The summed E-state index contributed by atoms with van der Waals surface area (Å²) in [6, 6.07) is 75.5. The van der Waals surface area contributed by atoms with Crippen molar-refractivity contribution in [2.24, 2.45) is 0 Å². The van der Waals surface area contributed by atoms with Crippen molar-refractivity contribution < 1.29 is 17.1 Å². The Balaban J connectivity index is 0.000000130. The molecular formula is C59H40FeN5-. The van der Waals surface area contributed by atoms with Crippen molar-refractivity contribution in [3.8, 4) is 55.8 Å². The Labute approximate surface area is 388 Å². The summed E-state index contributed by atoms with van der Waals surface area (Å²) in [5.41, 5.74) is 15.3. The normalized spacial score (nSPS) is 10.6. The number of fused-ring (bicyclic) bond motifs is 6. The first-order chi connectivity index (χ1) is 31.8. The minimum Gasteiger partial charge on any atom is -0.305 e. The van der Waals surface area contributed by atoms with E-state index in [1.54, 1.807) is 6.20 Å². The molecule has 0 spiro atoms. The van der Waals surface area contributed by atoms with Crippen LogP contribution in [-0.2, 0) is 17.1 Å². The first kappa shape index (κ1) is 42.2. The molecule has 65 heavy (non-hydrogen) atoms. The van der Waals surface area contributed by atoms with Crippen molar-refractivity contribution in [2.45, 2.75) is 0 Å². The van der Waals surface area contributed by atoms with Gasteiger partial charge >= 0.3 is 0 Å². The Bertz CT molecular complexity index is 3030. The molecule has 0 aliphatic heterocycles. The predicted octanol–water partition coefficient (Wildman–Crippen LogP) is 14.8. The number of aromatic nitrogens is 5. The third kappa shape index (κ3) is 9.04. The second-order valence-electron chi connectivity index (χ2n) is 15.1. The van der Waals surface area contributed by atoms with Crippen LogP contribution in [0.1, 0.15) is 0 Å². The second-order valence-corrected chi connectivity index (χ2v) is 15.1. The van der Waals surface area contributed by atoms with Crippen LogP contribution in [0.4, 0.5) is 0 Å². The van der Waals surface area contributed by atoms with Gasteiger partial charge in [-0.15, -0.1) is 35.9 Å². The Morgan fingerprint density at radius 2 is 0.585 bits per heavy atom. The maximum Gasteiger partial charge on any atom is 0.0970 e. The van der Waals surface area contributed by atoms with Crippen LogP contribution < -0.4 is 0 Å². The van der Waals surface area contributed by atoms with Gasteiger partial charge in [0.05, 0.1) is 22.1 Å². The molecule has 0 unspecified atom stereocenters. The molecule has 0 atom stereocenters. The Hall–Kier alpha value is -8.15. The van der Waals surface area contributed by atoms with E-state index in [0.29, 0.717) is 0 Å². The Morgan fingerprint density at radius 1 is 0.262 bits per heavy atom. The molecule has 0 aliphatic rings. The average molecular weight is 875 g/mol. The monoisotopic (exact) mass is 874 g/mol. The number of benzene rings is 7. The molecule has 0 aliphatic carbocycles. The summed E-state index contributed by atoms with van der Waals surface area (Å²) in [7, 11) is 0. The molecule has 0 saturated heterocycles. The largest absolute Gasteiger partial charge is 0.305 e. The Kier molecular flexibility index (Phi) is 12.9. The molecule has 0 radical (unpaired) electrons. The number of rotatable bonds is 5. The summed E-state index contributed by atoms with van der Waals surface area (Å²) >= 11 is 0. The third-order valence-electron chi connectivity index (χ3n) is 11.2. The molecule has 5 nitrogen and oxygen atoms in total. The van der Waals surface area contributed by atoms with Gasteiger partial charge in [-0.2, -0.15) is 0 Å². The number of nitrogens with zero attached hydrogens (tertiary/aromatic N) is 5. The molecule has 7 aromatic carbocycles. The summed E-state index contributed by atoms with van der Waals surface area (Å²) in [5.74, 6) is 0. The van der Waals surface area contributed by atoms with E-state index >= 15 is 0 Å². The van der Waals surface area contributed by atoms with Crippen molar-refractivity contribution >= 4 is 43.6 Å². The predicted molar refractivity (Wildman–Crippen MR) is 264 cm³/mol. The molecule has 6 heteroatoms. The van der Waals surface area contributed by atoms with Crippen molar-refractivity contribution in [3.05, 3.63) is 249 Å². The topological polar surface area (TPSA) is 64.5 Å². The van der Waals surface area contributed by atoms with Crippen LogP contribution in [0.15, 0.2) is 243 Å². The summed E-state index contributed by atoms with van der Waals surface area (Å²) in [5, 5.41) is 4.51. The van der Waals surface area contributed by atoms with Gasteiger partial charge in [-0.1, -0.05) is 158 Å². The van der Waals surface area contributed by atoms with Gasteiger partial charge in [-0.3, -0.25) is 19.9 Å². The van der Waals surface area contributed by atoms with Gasteiger partial charge in [0.15, 0.2) is 0 Å². The van der Waals surface area contributed by atoms with Crippen molar-refractivity contribution in [3.63, 3.8) is 0 Å². The third-order valence-corrected chi connectivity index (χ3v) is 11.2. The molecule has 310 valence electrons. The van der Waals surface area contributed by atoms with E-state index in [0.717, 1.165) is 54.9 Å². The second kappa shape index (κ2) is 19.9. The smallest absolute Gasteiger partial charge is 0.0970 e. The molecule has 0 bridgehead atoms. The zero-order valence-electron chi connectivity index (χ0n) is 35.2. The summed E-state index contributed by atoms with van der Waals surface area (Å²) in [4.78, 5) is 22.9. The van der Waals surface area contributed by atoms with E-state index < -0.39 is 0 Å². The zero-order valence-corrected chi connectivity index (χ0v) is 36.3. The van der Waals surface area contributed by atoms with Crippen molar-refractivity contribution in [2.75, 3.05) is 0 Å². The number of pyridine rings is 5. The maximum atomic E-state index is 4.67. The fraction of sp³-hybridized carbons (Fsp3) is 0. The van der Waals surface area contributed by atoms with E-state index in [1.807, 2.05) is 91.5 Å². The van der Waals surface area contributed by atoms with Crippen LogP contribution in [0.5, 0.6) is 0 Å². The summed E-state index contributed by atoms with van der Waals surface area (Å²) in [6.07, 6.45) is 9.29. The van der Waals surface area contributed by atoms with Crippen molar-refractivity contribution in [1.29, 1.82) is 0 Å². The van der Waals surface area contributed by atoms with Crippen LogP contribution in [0.2, 0.25) is 0 Å². The molecule has 0 N–H and O–H groups in total. The van der Waals surface area contributed by atoms with Gasteiger partial charge in [0.25, 0.3) is 0 Å². The molecule has 0 saturated carbocycles. The summed E-state index contributed by atoms with van der Waals surface area (Å²) in [6.45, 7) is 0. The van der Waals surface area contributed by atoms with E-state index in [-0.39, 0.29) is 17.1 Å². The van der Waals surface area contributed by atoms with E-state index in [1.165, 1.54) is 44.5 Å². The van der Waals surface area contributed by atoms with Crippen LogP contribution in [0.25, 0.3) is 99.4 Å². The van der Waals surface area contributed by atoms with Gasteiger partial charge < -0.3 is 4.98 Å².